The van der Waals surface area contributed by atoms with Crippen LogP contribution in [0.2, 0.25) is 5.02 Å². The number of nitrogens with zero attached hydrogens (tertiary/aromatic N) is 3. The average Bonchev–Trinajstić information content (AvgIpc) is 3.17. The number of amides is 1. The number of nitriles is 1. The zero-order chi connectivity index (χ0) is 21.2. The second kappa shape index (κ2) is 8.54. The van der Waals surface area contributed by atoms with Crippen LogP contribution in [0.25, 0.3) is 0 Å². The lowest BCUT2D eigenvalue weighted by atomic mass is 10.2. The number of thiazole rings is 1. The van der Waals surface area contributed by atoms with E-state index in [1.807, 2.05) is 28.7 Å². The number of hydrogen-bond acceptors (Lipinski definition) is 7. The van der Waals surface area contributed by atoms with Gasteiger partial charge in [-0.25, -0.2) is 18.2 Å². The maximum atomic E-state index is 12.8. The van der Waals surface area contributed by atoms with E-state index in [0.717, 1.165) is 23.5 Å². The van der Waals surface area contributed by atoms with Crippen LogP contribution in [0.1, 0.15) is 5.56 Å². The van der Waals surface area contributed by atoms with Crippen molar-refractivity contribution in [3.8, 4) is 17.6 Å². The molecule has 148 valence electrons. The number of aromatic nitrogens is 1. The Balaban J connectivity index is 2.02. The molecule has 2 aromatic carbocycles. The smallest absolute Gasteiger partial charge is 0.427 e. The molecule has 0 fully saturated rings. The lowest BCUT2D eigenvalue weighted by molar-refractivity contribution is 0.206. The number of sulfonamides is 1. The van der Waals surface area contributed by atoms with Gasteiger partial charge in [-0.2, -0.15) is 5.26 Å². The summed E-state index contributed by atoms with van der Waals surface area (Å²) in [4.78, 5) is 14.9. The summed E-state index contributed by atoms with van der Waals surface area (Å²) in [6, 6.07) is 10.3. The average molecular weight is 562 g/mol. The fraction of sp³-hybridized carbons (Fsp3) is 0. The van der Waals surface area contributed by atoms with Gasteiger partial charge >= 0.3 is 6.09 Å². The number of rotatable bonds is 5. The lowest BCUT2D eigenvalue weighted by Crippen LogP contribution is -2.36. The number of carboxylic acid groups (broad SMARTS) is 1. The molecule has 8 nitrogen and oxygen atoms in total. The Morgan fingerprint density at radius 2 is 2.00 bits per heavy atom. The summed E-state index contributed by atoms with van der Waals surface area (Å²) in [6.45, 7) is 0. The Hall–Kier alpha value is -2.40. The van der Waals surface area contributed by atoms with Gasteiger partial charge in [-0.3, -0.25) is 0 Å². The van der Waals surface area contributed by atoms with Gasteiger partial charge in [0.2, 0.25) is 0 Å². The second-order valence-electron chi connectivity index (χ2n) is 5.35. The van der Waals surface area contributed by atoms with Crippen molar-refractivity contribution in [2.75, 3.05) is 4.31 Å². The normalized spacial score (nSPS) is 10.9. The van der Waals surface area contributed by atoms with Crippen LogP contribution in [0.4, 0.5) is 10.6 Å². The maximum Gasteiger partial charge on any atom is 0.427 e. The SMILES string of the molecule is N#Cc1cc(S(=O)(=O)N(C(=O)O)c2cscn2)ccc1Oc1ccc(Cl)cc1I. The van der Waals surface area contributed by atoms with Crippen molar-refractivity contribution in [2.24, 2.45) is 0 Å². The number of ether oxygens (including phenoxy) is 1. The summed E-state index contributed by atoms with van der Waals surface area (Å²) < 4.78 is 32.2. The topological polar surface area (TPSA) is 121 Å². The molecule has 3 rings (SSSR count). The predicted octanol–water partition coefficient (Wildman–Crippen LogP) is 4.94. The summed E-state index contributed by atoms with van der Waals surface area (Å²) in [7, 11) is -4.51. The first-order valence-electron chi connectivity index (χ1n) is 7.57. The largest absolute Gasteiger partial charge is 0.464 e. The fourth-order valence-electron chi connectivity index (χ4n) is 2.26. The first-order valence-corrected chi connectivity index (χ1v) is 11.4. The summed E-state index contributed by atoms with van der Waals surface area (Å²) in [6.07, 6.45) is -1.72. The Bertz CT molecular complexity index is 1230. The highest BCUT2D eigenvalue weighted by molar-refractivity contribution is 14.1. The van der Waals surface area contributed by atoms with Crippen molar-refractivity contribution in [3.63, 3.8) is 0 Å². The Morgan fingerprint density at radius 3 is 2.59 bits per heavy atom. The quantitative estimate of drug-likeness (QED) is 0.438. The molecular formula is C17H9ClIN3O5S2. The van der Waals surface area contributed by atoms with E-state index in [4.69, 9.17) is 16.3 Å². The van der Waals surface area contributed by atoms with Gasteiger partial charge in [0.15, 0.2) is 5.82 Å². The van der Waals surface area contributed by atoms with Crippen molar-refractivity contribution in [3.05, 3.63) is 61.4 Å². The minimum Gasteiger partial charge on any atom is -0.464 e. The van der Waals surface area contributed by atoms with E-state index < -0.39 is 16.1 Å². The molecule has 29 heavy (non-hydrogen) atoms. The first kappa shape index (κ1) is 21.3. The van der Waals surface area contributed by atoms with E-state index in [9.17, 15) is 23.6 Å². The minimum atomic E-state index is -4.51. The van der Waals surface area contributed by atoms with Gasteiger partial charge in [0, 0.05) is 10.4 Å². The fourth-order valence-corrected chi connectivity index (χ4v) is 5.09. The van der Waals surface area contributed by atoms with Crippen LogP contribution in [-0.4, -0.2) is 24.6 Å². The summed E-state index contributed by atoms with van der Waals surface area (Å²) >= 11 is 8.97. The molecule has 0 saturated carbocycles. The molecule has 0 spiro atoms. The van der Waals surface area contributed by atoms with Gasteiger partial charge in [0.1, 0.15) is 17.6 Å². The van der Waals surface area contributed by atoms with E-state index in [1.54, 1.807) is 18.2 Å². The molecule has 0 aliphatic carbocycles. The van der Waals surface area contributed by atoms with Gasteiger partial charge in [0.25, 0.3) is 10.0 Å². The van der Waals surface area contributed by atoms with E-state index >= 15 is 0 Å². The third-order valence-electron chi connectivity index (χ3n) is 3.52. The van der Waals surface area contributed by atoms with Crippen molar-refractivity contribution >= 4 is 67.5 Å². The highest BCUT2D eigenvalue weighted by Crippen LogP contribution is 2.33. The van der Waals surface area contributed by atoms with Crippen LogP contribution in [0, 0.1) is 14.9 Å². The van der Waals surface area contributed by atoms with Gasteiger partial charge in [-0.15, -0.1) is 15.6 Å². The number of carbonyl (C=O) groups is 1. The Labute approximate surface area is 188 Å². The van der Waals surface area contributed by atoms with Gasteiger partial charge < -0.3 is 9.84 Å². The van der Waals surface area contributed by atoms with Gasteiger partial charge in [0.05, 0.1) is 19.5 Å². The molecule has 0 aliphatic rings. The Kier molecular flexibility index (Phi) is 6.27. The number of anilines is 1. The highest BCUT2D eigenvalue weighted by Gasteiger charge is 2.33. The van der Waals surface area contributed by atoms with Crippen molar-refractivity contribution < 1.29 is 23.1 Å². The summed E-state index contributed by atoms with van der Waals surface area (Å²) in [5.41, 5.74) is 1.23. The van der Waals surface area contributed by atoms with Crippen LogP contribution in [0.5, 0.6) is 11.5 Å². The molecule has 0 aliphatic heterocycles. The van der Waals surface area contributed by atoms with E-state index in [2.05, 4.69) is 4.98 Å². The zero-order valence-corrected chi connectivity index (χ0v) is 18.7. The number of hydrogen-bond donors (Lipinski definition) is 1. The van der Waals surface area contributed by atoms with Crippen LogP contribution >= 0.6 is 45.5 Å². The standard InChI is InChI=1S/C17H9ClIN3O5S2/c18-11-1-3-15(13(19)6-11)27-14-4-2-12(5-10(14)7-20)29(25,26)22(17(23)24)16-8-28-9-21-16/h1-6,8-9H,(H,23,24). The van der Waals surface area contributed by atoms with Crippen molar-refractivity contribution in [1.29, 1.82) is 5.26 Å². The number of benzene rings is 2. The maximum absolute atomic E-state index is 12.8. The molecular weight excluding hydrogens is 553 g/mol. The summed E-state index contributed by atoms with van der Waals surface area (Å²) in [5, 5.41) is 20.6. The zero-order valence-electron chi connectivity index (χ0n) is 14.1. The predicted molar refractivity (Wildman–Crippen MR) is 115 cm³/mol. The van der Waals surface area contributed by atoms with E-state index in [1.165, 1.54) is 17.0 Å². The molecule has 1 amide bonds. The van der Waals surface area contributed by atoms with Crippen LogP contribution < -0.4 is 9.04 Å². The van der Waals surface area contributed by atoms with Gasteiger partial charge in [-0.05, 0) is 59.0 Å². The molecule has 0 radical (unpaired) electrons. The molecule has 12 heteroatoms. The minimum absolute atomic E-state index is 0.0829. The van der Waals surface area contributed by atoms with Crippen LogP contribution in [-0.2, 0) is 10.0 Å². The lowest BCUT2D eigenvalue weighted by Gasteiger charge is -2.17. The molecule has 1 heterocycles. The Morgan fingerprint density at radius 1 is 1.28 bits per heavy atom. The molecule has 1 aromatic heterocycles. The highest BCUT2D eigenvalue weighted by atomic mass is 127. The van der Waals surface area contributed by atoms with E-state index in [0.29, 0.717) is 14.3 Å². The molecule has 0 saturated heterocycles. The molecule has 3 aromatic rings. The monoisotopic (exact) mass is 561 g/mol. The molecule has 0 unspecified atom stereocenters. The van der Waals surface area contributed by atoms with Crippen LogP contribution in [0.3, 0.4) is 0 Å². The molecule has 0 bridgehead atoms. The van der Waals surface area contributed by atoms with E-state index in [-0.39, 0.29) is 26.3 Å². The summed E-state index contributed by atoms with van der Waals surface area (Å²) in [5.74, 6) is 0.288. The van der Waals surface area contributed by atoms with Gasteiger partial charge in [-0.1, -0.05) is 11.6 Å². The third-order valence-corrected chi connectivity index (χ3v) is 6.85. The molecule has 0 atom stereocenters. The van der Waals surface area contributed by atoms with Crippen LogP contribution in [0.15, 0.2) is 52.2 Å². The van der Waals surface area contributed by atoms with Crippen molar-refractivity contribution in [2.45, 2.75) is 4.90 Å². The first-order chi connectivity index (χ1) is 13.7. The third kappa shape index (κ3) is 4.45. The van der Waals surface area contributed by atoms with Crippen molar-refractivity contribution in [1.82, 2.24) is 4.98 Å². The molecule has 1 N–H and O–H groups in total. The number of halogens is 2. The second-order valence-corrected chi connectivity index (χ2v) is 9.45.